The Labute approximate surface area is 145 Å². The van der Waals surface area contributed by atoms with Gasteiger partial charge in [0.1, 0.15) is 0 Å². The van der Waals surface area contributed by atoms with E-state index >= 15 is 0 Å². The molecule has 126 valence electrons. The Hall–Kier alpha value is -2.41. The van der Waals surface area contributed by atoms with E-state index < -0.39 is 0 Å². The van der Waals surface area contributed by atoms with E-state index in [1.54, 1.807) is 18.0 Å². The van der Waals surface area contributed by atoms with Gasteiger partial charge in [-0.25, -0.2) is 9.78 Å². The first-order valence-electron chi connectivity index (χ1n) is 7.79. The molecule has 2 heterocycles. The number of piperazine rings is 1. The Balaban J connectivity index is 1.70. The van der Waals surface area contributed by atoms with Crippen LogP contribution in [0.2, 0.25) is 5.02 Å². The molecule has 0 N–H and O–H groups in total. The molecule has 0 atom stereocenters. The zero-order valence-electron chi connectivity index (χ0n) is 13.4. The molecule has 8 heteroatoms. The van der Waals surface area contributed by atoms with Gasteiger partial charge in [0.15, 0.2) is 0 Å². The SMILES string of the molecule is CCOC(=O)N1CCN(c2nncc(-c3cccc(Cl)c3)n2)CC1. The zero-order chi connectivity index (χ0) is 16.9. The third-order valence-corrected chi connectivity index (χ3v) is 3.99. The molecular weight excluding hydrogens is 330 g/mol. The van der Waals surface area contributed by atoms with Gasteiger partial charge in [-0.15, -0.1) is 5.10 Å². The third kappa shape index (κ3) is 3.73. The van der Waals surface area contributed by atoms with Crippen molar-refractivity contribution in [3.63, 3.8) is 0 Å². The summed E-state index contributed by atoms with van der Waals surface area (Å²) in [5.74, 6) is 0.552. The molecule has 0 aliphatic carbocycles. The first kappa shape index (κ1) is 16.4. The molecule has 1 aliphatic rings. The van der Waals surface area contributed by atoms with Gasteiger partial charge in [0.05, 0.1) is 18.5 Å². The average molecular weight is 348 g/mol. The number of carbonyl (C=O) groups is 1. The fraction of sp³-hybridized carbons (Fsp3) is 0.375. The van der Waals surface area contributed by atoms with Crippen LogP contribution in [0.3, 0.4) is 0 Å². The van der Waals surface area contributed by atoms with Crippen LogP contribution in [0.5, 0.6) is 0 Å². The number of halogens is 1. The quantitative estimate of drug-likeness (QED) is 0.849. The number of hydrogen-bond donors (Lipinski definition) is 0. The molecule has 1 amide bonds. The Kier molecular flexibility index (Phi) is 5.10. The maximum atomic E-state index is 11.7. The number of hydrogen-bond acceptors (Lipinski definition) is 6. The van der Waals surface area contributed by atoms with Crippen molar-refractivity contribution in [2.75, 3.05) is 37.7 Å². The number of amides is 1. The number of ether oxygens (including phenoxy) is 1. The lowest BCUT2D eigenvalue weighted by Crippen LogP contribution is -2.49. The highest BCUT2D eigenvalue weighted by Crippen LogP contribution is 2.22. The summed E-state index contributed by atoms with van der Waals surface area (Å²) in [5.41, 5.74) is 1.61. The average Bonchev–Trinajstić information content (AvgIpc) is 2.62. The molecule has 1 fully saturated rings. The fourth-order valence-electron chi connectivity index (χ4n) is 2.52. The minimum absolute atomic E-state index is 0.274. The molecule has 3 rings (SSSR count). The van der Waals surface area contributed by atoms with Crippen LogP contribution in [0, 0.1) is 0 Å². The predicted molar refractivity (Wildman–Crippen MR) is 91.1 cm³/mol. The Morgan fingerprint density at radius 3 is 2.79 bits per heavy atom. The standard InChI is InChI=1S/C16H18ClN5O2/c1-2-24-16(23)22-8-6-21(7-9-22)15-19-14(11-18-20-15)12-4-3-5-13(17)10-12/h3-5,10-11H,2,6-9H2,1H3. The van der Waals surface area contributed by atoms with Crippen LogP contribution in [-0.2, 0) is 4.74 Å². The summed E-state index contributed by atoms with van der Waals surface area (Å²) in [6, 6.07) is 7.46. The van der Waals surface area contributed by atoms with Gasteiger partial charge in [-0.2, -0.15) is 5.10 Å². The van der Waals surface area contributed by atoms with E-state index in [2.05, 4.69) is 15.2 Å². The molecule has 0 bridgehead atoms. The third-order valence-electron chi connectivity index (χ3n) is 3.76. The summed E-state index contributed by atoms with van der Waals surface area (Å²) in [7, 11) is 0. The fourth-order valence-corrected chi connectivity index (χ4v) is 2.71. The summed E-state index contributed by atoms with van der Waals surface area (Å²) >= 11 is 6.03. The summed E-state index contributed by atoms with van der Waals surface area (Å²) in [4.78, 5) is 20.0. The normalized spacial score (nSPS) is 14.6. The molecule has 1 aromatic carbocycles. The van der Waals surface area contributed by atoms with Gasteiger partial charge in [0.25, 0.3) is 0 Å². The van der Waals surface area contributed by atoms with Gasteiger partial charge >= 0.3 is 6.09 Å². The van der Waals surface area contributed by atoms with Gasteiger partial charge in [-0.1, -0.05) is 23.7 Å². The number of rotatable bonds is 3. The minimum atomic E-state index is -0.274. The molecule has 0 spiro atoms. The van der Waals surface area contributed by atoms with E-state index in [1.807, 2.05) is 29.2 Å². The molecule has 0 unspecified atom stereocenters. The molecule has 0 radical (unpaired) electrons. The van der Waals surface area contributed by atoms with Crippen LogP contribution in [0.1, 0.15) is 6.92 Å². The van der Waals surface area contributed by atoms with Crippen molar-refractivity contribution in [2.24, 2.45) is 0 Å². The topological polar surface area (TPSA) is 71.5 Å². The highest BCUT2D eigenvalue weighted by molar-refractivity contribution is 6.30. The van der Waals surface area contributed by atoms with Crippen molar-refractivity contribution in [1.29, 1.82) is 0 Å². The van der Waals surface area contributed by atoms with Crippen molar-refractivity contribution >= 4 is 23.6 Å². The smallest absolute Gasteiger partial charge is 0.409 e. The molecule has 1 aromatic heterocycles. The maximum absolute atomic E-state index is 11.7. The number of anilines is 1. The van der Waals surface area contributed by atoms with Crippen LogP contribution in [0.15, 0.2) is 30.5 Å². The molecule has 2 aromatic rings. The van der Waals surface area contributed by atoms with E-state index in [4.69, 9.17) is 16.3 Å². The molecule has 7 nitrogen and oxygen atoms in total. The summed E-state index contributed by atoms with van der Waals surface area (Å²) < 4.78 is 5.02. The molecular formula is C16H18ClN5O2. The van der Waals surface area contributed by atoms with E-state index in [0.29, 0.717) is 43.8 Å². The van der Waals surface area contributed by atoms with Crippen LogP contribution in [-0.4, -0.2) is 59.0 Å². The number of nitrogens with zero attached hydrogens (tertiary/aromatic N) is 5. The Morgan fingerprint density at radius 1 is 1.29 bits per heavy atom. The van der Waals surface area contributed by atoms with Crippen molar-refractivity contribution in [2.45, 2.75) is 6.92 Å². The van der Waals surface area contributed by atoms with Gasteiger partial charge in [-0.3, -0.25) is 0 Å². The molecule has 1 aliphatic heterocycles. The van der Waals surface area contributed by atoms with Gasteiger partial charge in [0, 0.05) is 36.8 Å². The Bertz CT molecular complexity index is 719. The summed E-state index contributed by atoms with van der Waals surface area (Å²) in [6.07, 6.45) is 1.34. The van der Waals surface area contributed by atoms with Gasteiger partial charge < -0.3 is 14.5 Å². The highest BCUT2D eigenvalue weighted by atomic mass is 35.5. The van der Waals surface area contributed by atoms with Crippen LogP contribution >= 0.6 is 11.6 Å². The highest BCUT2D eigenvalue weighted by Gasteiger charge is 2.23. The van der Waals surface area contributed by atoms with Gasteiger partial charge in [0.2, 0.25) is 5.95 Å². The van der Waals surface area contributed by atoms with E-state index in [9.17, 15) is 4.79 Å². The van der Waals surface area contributed by atoms with Crippen LogP contribution < -0.4 is 4.90 Å². The zero-order valence-corrected chi connectivity index (χ0v) is 14.1. The van der Waals surface area contributed by atoms with Crippen molar-refractivity contribution in [3.8, 4) is 11.3 Å². The Morgan fingerprint density at radius 2 is 2.08 bits per heavy atom. The largest absolute Gasteiger partial charge is 0.450 e. The van der Waals surface area contributed by atoms with Crippen LogP contribution in [0.25, 0.3) is 11.3 Å². The maximum Gasteiger partial charge on any atom is 0.409 e. The van der Waals surface area contributed by atoms with Crippen molar-refractivity contribution in [1.82, 2.24) is 20.1 Å². The lowest BCUT2D eigenvalue weighted by atomic mass is 10.2. The second-order valence-electron chi connectivity index (χ2n) is 5.32. The second kappa shape index (κ2) is 7.44. The van der Waals surface area contributed by atoms with Crippen LogP contribution in [0.4, 0.5) is 10.7 Å². The van der Waals surface area contributed by atoms with E-state index in [0.717, 1.165) is 11.3 Å². The summed E-state index contributed by atoms with van der Waals surface area (Å²) in [6.45, 7) is 4.61. The number of benzene rings is 1. The molecule has 24 heavy (non-hydrogen) atoms. The molecule has 1 saturated heterocycles. The summed E-state index contributed by atoms with van der Waals surface area (Å²) in [5, 5.41) is 8.81. The van der Waals surface area contributed by atoms with Crippen molar-refractivity contribution in [3.05, 3.63) is 35.5 Å². The van der Waals surface area contributed by atoms with E-state index in [1.165, 1.54) is 0 Å². The molecule has 0 saturated carbocycles. The predicted octanol–water partition coefficient (Wildman–Crippen LogP) is 2.47. The monoisotopic (exact) mass is 347 g/mol. The lowest BCUT2D eigenvalue weighted by Gasteiger charge is -2.33. The number of aromatic nitrogens is 3. The first-order valence-corrected chi connectivity index (χ1v) is 8.17. The van der Waals surface area contributed by atoms with Gasteiger partial charge in [-0.05, 0) is 19.1 Å². The number of carbonyl (C=O) groups excluding carboxylic acids is 1. The van der Waals surface area contributed by atoms with E-state index in [-0.39, 0.29) is 6.09 Å². The lowest BCUT2D eigenvalue weighted by molar-refractivity contribution is 0.105. The minimum Gasteiger partial charge on any atom is -0.450 e. The van der Waals surface area contributed by atoms with Crippen molar-refractivity contribution < 1.29 is 9.53 Å². The second-order valence-corrected chi connectivity index (χ2v) is 5.76. The first-order chi connectivity index (χ1) is 11.7.